The molecule has 0 radical (unpaired) electrons. The first kappa shape index (κ1) is 17.9. The van der Waals surface area contributed by atoms with Crippen molar-refractivity contribution < 1.29 is 24.0 Å². The summed E-state index contributed by atoms with van der Waals surface area (Å²) >= 11 is 0. The number of carbonyl (C=O) groups is 2. The van der Waals surface area contributed by atoms with E-state index in [2.05, 4.69) is 0 Å². The molecule has 0 heterocycles. The summed E-state index contributed by atoms with van der Waals surface area (Å²) in [6.45, 7) is 5.46. The topological polar surface area (TPSA) is 95.7 Å². The van der Waals surface area contributed by atoms with Crippen LogP contribution >= 0.6 is 0 Å². The summed E-state index contributed by atoms with van der Waals surface area (Å²) in [7, 11) is 0. The smallest absolute Gasteiger partial charge is 0.338 e. The van der Waals surface area contributed by atoms with Crippen molar-refractivity contribution in [1.82, 2.24) is 0 Å². The molecule has 1 saturated carbocycles. The van der Waals surface area contributed by atoms with Gasteiger partial charge >= 0.3 is 11.9 Å². The molecule has 1 fully saturated rings. The van der Waals surface area contributed by atoms with E-state index in [-0.39, 0.29) is 29.2 Å². The first-order chi connectivity index (χ1) is 11.1. The standard InChI is InChI=1S/C17H21NO6/c1-17(2,3)24-15(19)10-11-8-14(9-11)23-16(20)12-4-6-13(7-5-12)18(21)22/h4-7,11,14H,8-10H2,1-3H3. The van der Waals surface area contributed by atoms with Gasteiger partial charge in [-0.3, -0.25) is 14.9 Å². The van der Waals surface area contributed by atoms with Crippen molar-refractivity contribution in [3.63, 3.8) is 0 Å². The van der Waals surface area contributed by atoms with Crippen LogP contribution in [0.3, 0.4) is 0 Å². The molecule has 0 aromatic heterocycles. The largest absolute Gasteiger partial charge is 0.460 e. The number of benzene rings is 1. The molecule has 0 amide bonds. The monoisotopic (exact) mass is 335 g/mol. The maximum Gasteiger partial charge on any atom is 0.338 e. The molecule has 0 spiro atoms. The van der Waals surface area contributed by atoms with Crippen molar-refractivity contribution in [2.45, 2.75) is 51.7 Å². The highest BCUT2D eigenvalue weighted by molar-refractivity contribution is 5.89. The molecule has 130 valence electrons. The molecule has 0 unspecified atom stereocenters. The third kappa shape index (κ3) is 5.04. The van der Waals surface area contributed by atoms with Gasteiger partial charge in [-0.1, -0.05) is 0 Å². The highest BCUT2D eigenvalue weighted by Crippen LogP contribution is 2.34. The van der Waals surface area contributed by atoms with Crippen molar-refractivity contribution in [3.8, 4) is 0 Å². The summed E-state index contributed by atoms with van der Waals surface area (Å²) in [6.07, 6.45) is 1.35. The number of rotatable bonds is 5. The normalized spacial score (nSPS) is 20.0. The van der Waals surface area contributed by atoms with Crippen LogP contribution in [0.4, 0.5) is 5.69 Å². The van der Waals surface area contributed by atoms with Crippen LogP contribution in [-0.2, 0) is 14.3 Å². The molecular formula is C17H21NO6. The molecule has 7 nitrogen and oxygen atoms in total. The lowest BCUT2D eigenvalue weighted by Crippen LogP contribution is -2.36. The molecule has 1 aromatic rings. The van der Waals surface area contributed by atoms with Gasteiger partial charge < -0.3 is 9.47 Å². The van der Waals surface area contributed by atoms with Gasteiger partial charge in [0.25, 0.3) is 5.69 Å². The lowest BCUT2D eigenvalue weighted by atomic mass is 9.80. The third-order valence-corrected chi connectivity index (χ3v) is 3.66. The Bertz CT molecular complexity index is 625. The highest BCUT2D eigenvalue weighted by Gasteiger charge is 2.34. The predicted molar refractivity (Wildman–Crippen MR) is 85.5 cm³/mol. The van der Waals surface area contributed by atoms with Crippen LogP contribution in [0.25, 0.3) is 0 Å². The number of hydrogen-bond donors (Lipinski definition) is 0. The minimum absolute atomic E-state index is 0.0763. The number of non-ortho nitro benzene ring substituents is 1. The second kappa shape index (κ2) is 6.98. The van der Waals surface area contributed by atoms with E-state index in [0.717, 1.165) is 0 Å². The van der Waals surface area contributed by atoms with Crippen molar-refractivity contribution in [2.75, 3.05) is 0 Å². The Morgan fingerprint density at radius 2 is 1.79 bits per heavy atom. The van der Waals surface area contributed by atoms with Gasteiger partial charge in [-0.2, -0.15) is 0 Å². The summed E-state index contributed by atoms with van der Waals surface area (Å²) in [5.41, 5.74) is -0.299. The molecule has 0 saturated heterocycles. The highest BCUT2D eigenvalue weighted by atomic mass is 16.6. The van der Waals surface area contributed by atoms with Crippen molar-refractivity contribution in [2.24, 2.45) is 5.92 Å². The first-order valence-corrected chi connectivity index (χ1v) is 7.81. The fraction of sp³-hybridized carbons (Fsp3) is 0.529. The lowest BCUT2D eigenvalue weighted by molar-refractivity contribution is -0.384. The molecule has 1 aliphatic carbocycles. The Hall–Kier alpha value is -2.44. The quantitative estimate of drug-likeness (QED) is 0.465. The van der Waals surface area contributed by atoms with Crippen molar-refractivity contribution in [3.05, 3.63) is 39.9 Å². The molecule has 24 heavy (non-hydrogen) atoms. The molecule has 2 rings (SSSR count). The lowest BCUT2D eigenvalue weighted by Gasteiger charge is -2.34. The molecule has 0 aliphatic heterocycles. The van der Waals surface area contributed by atoms with Crippen LogP contribution in [0.1, 0.15) is 50.4 Å². The van der Waals surface area contributed by atoms with Crippen LogP contribution in [-0.4, -0.2) is 28.6 Å². The average molecular weight is 335 g/mol. The van der Waals surface area contributed by atoms with Gasteiger partial charge in [0, 0.05) is 18.6 Å². The van der Waals surface area contributed by atoms with Gasteiger partial charge in [0.05, 0.1) is 10.5 Å². The molecule has 0 atom stereocenters. The van der Waals surface area contributed by atoms with E-state index in [4.69, 9.17) is 9.47 Å². The number of nitrogens with zero attached hydrogens (tertiary/aromatic N) is 1. The maximum absolute atomic E-state index is 12.0. The number of nitro groups is 1. The number of carbonyl (C=O) groups excluding carboxylic acids is 2. The van der Waals surface area contributed by atoms with Gasteiger partial charge in [0.2, 0.25) is 0 Å². The van der Waals surface area contributed by atoms with Crippen LogP contribution in [0.15, 0.2) is 24.3 Å². The van der Waals surface area contributed by atoms with Crippen LogP contribution in [0.2, 0.25) is 0 Å². The molecule has 1 aliphatic rings. The maximum atomic E-state index is 12.0. The Labute approximate surface area is 140 Å². The number of ether oxygens (including phenoxy) is 2. The summed E-state index contributed by atoms with van der Waals surface area (Å²) < 4.78 is 10.6. The molecule has 0 bridgehead atoms. The van der Waals surface area contributed by atoms with E-state index in [1.807, 2.05) is 20.8 Å². The fourth-order valence-electron chi connectivity index (χ4n) is 2.49. The zero-order chi connectivity index (χ0) is 17.9. The van der Waals surface area contributed by atoms with E-state index >= 15 is 0 Å². The summed E-state index contributed by atoms with van der Waals surface area (Å²) in [5.74, 6) is -0.590. The van der Waals surface area contributed by atoms with E-state index < -0.39 is 16.5 Å². The fourth-order valence-corrected chi connectivity index (χ4v) is 2.49. The van der Waals surface area contributed by atoms with Crippen LogP contribution < -0.4 is 0 Å². The number of esters is 2. The average Bonchev–Trinajstić information content (AvgIpc) is 2.43. The van der Waals surface area contributed by atoms with Gasteiger partial charge in [0.1, 0.15) is 11.7 Å². The minimum atomic E-state index is -0.525. The molecule has 7 heteroatoms. The van der Waals surface area contributed by atoms with Gasteiger partial charge in [-0.05, 0) is 51.7 Å². The zero-order valence-electron chi connectivity index (χ0n) is 14.0. The molecular weight excluding hydrogens is 314 g/mol. The molecule has 0 N–H and O–H groups in total. The Kier molecular flexibility index (Phi) is 5.21. The zero-order valence-corrected chi connectivity index (χ0v) is 14.0. The summed E-state index contributed by atoms with van der Waals surface area (Å²) in [4.78, 5) is 33.7. The first-order valence-electron chi connectivity index (χ1n) is 7.81. The van der Waals surface area contributed by atoms with E-state index in [1.54, 1.807) is 0 Å². The summed E-state index contributed by atoms with van der Waals surface area (Å²) in [5, 5.41) is 10.6. The summed E-state index contributed by atoms with van der Waals surface area (Å²) in [6, 6.07) is 5.28. The minimum Gasteiger partial charge on any atom is -0.460 e. The Morgan fingerprint density at radius 3 is 2.29 bits per heavy atom. The number of nitro benzene ring substituents is 1. The van der Waals surface area contributed by atoms with Crippen molar-refractivity contribution in [1.29, 1.82) is 0 Å². The van der Waals surface area contributed by atoms with Crippen LogP contribution in [0.5, 0.6) is 0 Å². The second-order valence-electron chi connectivity index (χ2n) is 6.96. The Balaban J connectivity index is 1.75. The van der Waals surface area contributed by atoms with Crippen molar-refractivity contribution >= 4 is 17.6 Å². The van der Waals surface area contributed by atoms with E-state index in [9.17, 15) is 19.7 Å². The van der Waals surface area contributed by atoms with Gasteiger partial charge in [-0.15, -0.1) is 0 Å². The molecule has 1 aromatic carbocycles. The predicted octanol–water partition coefficient (Wildman–Crippen LogP) is 3.26. The number of hydrogen-bond acceptors (Lipinski definition) is 6. The van der Waals surface area contributed by atoms with E-state index in [0.29, 0.717) is 19.3 Å². The van der Waals surface area contributed by atoms with E-state index in [1.165, 1.54) is 24.3 Å². The second-order valence-corrected chi connectivity index (χ2v) is 6.96. The third-order valence-electron chi connectivity index (χ3n) is 3.66. The van der Waals surface area contributed by atoms with Crippen LogP contribution in [0, 0.1) is 16.0 Å². The van der Waals surface area contributed by atoms with Gasteiger partial charge in [-0.25, -0.2) is 4.79 Å². The SMILES string of the molecule is CC(C)(C)OC(=O)CC1CC(OC(=O)c2ccc([N+](=O)[O-])cc2)C1. The van der Waals surface area contributed by atoms with Gasteiger partial charge in [0.15, 0.2) is 0 Å². The Morgan fingerprint density at radius 1 is 1.21 bits per heavy atom.